The van der Waals surface area contributed by atoms with Crippen molar-refractivity contribution < 1.29 is 38.5 Å². The second-order valence-electron chi connectivity index (χ2n) is 17.5. The molecule has 14 atom stereocenters. The number of aliphatic hydroxyl groups is 1. The number of esters is 3. The number of hydrogen-bond donors (Lipinski definition) is 1. The first-order valence-electron chi connectivity index (χ1n) is 18.5. The Kier molecular flexibility index (Phi) is 10.4. The average Bonchev–Trinajstić information content (AvgIpc) is 3.21. The number of β-lactam (4-membered cyclic amide) rings is 1. The quantitative estimate of drug-likeness (QED) is 0.211. The summed E-state index contributed by atoms with van der Waals surface area (Å²) in [6.07, 6.45) is 1.32. The van der Waals surface area contributed by atoms with Crippen LogP contribution in [0.4, 0.5) is 0 Å². The second-order valence-corrected chi connectivity index (χ2v) is 17.5. The van der Waals surface area contributed by atoms with Crippen molar-refractivity contribution in [2.45, 2.75) is 137 Å². The summed E-state index contributed by atoms with van der Waals surface area (Å²) in [5.74, 6) is -0.871. The van der Waals surface area contributed by atoms with Gasteiger partial charge in [0.1, 0.15) is 18.3 Å². The molecule has 0 aromatic heterocycles. The molecule has 1 N–H and O–H groups in total. The van der Waals surface area contributed by atoms with Crippen LogP contribution in [0.5, 0.6) is 0 Å². The molecule has 0 spiro atoms. The van der Waals surface area contributed by atoms with Crippen molar-refractivity contribution in [2.75, 3.05) is 20.6 Å². The molecule has 48 heavy (non-hydrogen) atoms. The highest BCUT2D eigenvalue weighted by molar-refractivity contribution is 5.85. The Morgan fingerprint density at radius 2 is 1.60 bits per heavy atom. The monoisotopic (exact) mass is 674 g/mol. The Balaban J connectivity index is 1.61. The number of fused-ring (bicyclic) bond motifs is 5. The van der Waals surface area contributed by atoms with Gasteiger partial charge in [0.15, 0.2) is 0 Å². The van der Waals surface area contributed by atoms with Gasteiger partial charge >= 0.3 is 17.9 Å². The van der Waals surface area contributed by atoms with E-state index in [-0.39, 0.29) is 70.7 Å². The minimum atomic E-state index is -0.711. The van der Waals surface area contributed by atoms with E-state index < -0.39 is 47.8 Å². The molecule has 1 saturated heterocycles. The lowest BCUT2D eigenvalue weighted by molar-refractivity contribution is -0.254. The Morgan fingerprint density at radius 1 is 0.958 bits per heavy atom. The average molecular weight is 675 g/mol. The van der Waals surface area contributed by atoms with Gasteiger partial charge in [0.05, 0.1) is 18.1 Å². The van der Waals surface area contributed by atoms with Crippen molar-refractivity contribution in [1.29, 1.82) is 0 Å². The van der Waals surface area contributed by atoms with Crippen LogP contribution in [0.1, 0.15) is 101 Å². The highest BCUT2D eigenvalue weighted by Gasteiger charge is 2.71. The summed E-state index contributed by atoms with van der Waals surface area (Å²) in [4.78, 5) is 56.7. The lowest BCUT2D eigenvalue weighted by Gasteiger charge is -2.66. The zero-order valence-corrected chi connectivity index (χ0v) is 31.2. The molecular weight excluding hydrogens is 612 g/mol. The number of rotatable bonds is 9. The predicted molar refractivity (Wildman–Crippen MR) is 180 cm³/mol. The second kappa shape index (κ2) is 13.5. The molecule has 5 fully saturated rings. The molecule has 0 aromatic carbocycles. The van der Waals surface area contributed by atoms with Gasteiger partial charge in [0, 0.05) is 62.4 Å². The zero-order valence-electron chi connectivity index (χ0n) is 31.2. The number of nitrogens with zero attached hydrogens (tertiary/aromatic N) is 2. The zero-order chi connectivity index (χ0) is 35.6. The van der Waals surface area contributed by atoms with Gasteiger partial charge in [0.2, 0.25) is 5.91 Å². The van der Waals surface area contributed by atoms with E-state index in [9.17, 15) is 24.3 Å². The summed E-state index contributed by atoms with van der Waals surface area (Å²) < 4.78 is 19.1. The number of amides is 1. The topological polar surface area (TPSA) is 123 Å². The summed E-state index contributed by atoms with van der Waals surface area (Å²) in [6, 6.07) is -0.295. The van der Waals surface area contributed by atoms with Crippen molar-refractivity contribution in [3.8, 4) is 0 Å². The molecule has 0 bridgehead atoms. The van der Waals surface area contributed by atoms with E-state index in [1.807, 2.05) is 32.6 Å². The fourth-order valence-corrected chi connectivity index (χ4v) is 11.6. The molecule has 0 radical (unpaired) electrons. The molecule has 1 aliphatic heterocycles. The molecule has 1 amide bonds. The van der Waals surface area contributed by atoms with Crippen LogP contribution in [-0.4, -0.2) is 95.9 Å². The van der Waals surface area contributed by atoms with Gasteiger partial charge in [-0.05, 0) is 75.8 Å². The SMILES string of the molecule is CC(=O)O[C@H]1[C@@H](N2C[C@@H](C(C)C)C2=O)C[C@@H](OC(C)=O)[C@]2(C)[C@@H]3[C@@H](CC[C@@H]12)[C@@H]1C[C@H](O)[C@H]([C@H](C)N(C)C)[C@@]1(C)C[C@H]3OC(=O)CC(C)C. The normalized spacial score (nSPS) is 42.9. The van der Waals surface area contributed by atoms with Gasteiger partial charge in [-0.2, -0.15) is 0 Å². The van der Waals surface area contributed by atoms with Gasteiger partial charge in [-0.1, -0.05) is 41.5 Å². The molecular formula is C38H62N2O8. The number of carbonyl (C=O) groups excluding carboxylic acids is 4. The predicted octanol–water partition coefficient (Wildman–Crippen LogP) is 4.70. The molecule has 1 heterocycles. The molecule has 4 aliphatic carbocycles. The molecule has 4 saturated carbocycles. The van der Waals surface area contributed by atoms with Crippen LogP contribution in [-0.2, 0) is 33.4 Å². The van der Waals surface area contributed by atoms with Gasteiger partial charge < -0.3 is 29.1 Å². The van der Waals surface area contributed by atoms with Crippen LogP contribution in [0.15, 0.2) is 0 Å². The van der Waals surface area contributed by atoms with E-state index in [4.69, 9.17) is 14.2 Å². The van der Waals surface area contributed by atoms with Crippen molar-refractivity contribution in [1.82, 2.24) is 9.80 Å². The minimum Gasteiger partial charge on any atom is -0.462 e. The first-order chi connectivity index (χ1) is 22.3. The maximum atomic E-state index is 13.5. The molecule has 0 unspecified atom stereocenters. The van der Waals surface area contributed by atoms with Gasteiger partial charge in [-0.3, -0.25) is 19.2 Å². The van der Waals surface area contributed by atoms with E-state index in [1.165, 1.54) is 13.8 Å². The fourth-order valence-electron chi connectivity index (χ4n) is 11.6. The highest BCUT2D eigenvalue weighted by Crippen LogP contribution is 2.69. The van der Waals surface area contributed by atoms with Crippen molar-refractivity contribution in [3.05, 3.63) is 0 Å². The first-order valence-corrected chi connectivity index (χ1v) is 18.5. The summed E-state index contributed by atoms with van der Waals surface area (Å²) in [7, 11) is 4.10. The third-order valence-electron chi connectivity index (χ3n) is 13.8. The number of hydrogen-bond acceptors (Lipinski definition) is 9. The van der Waals surface area contributed by atoms with Crippen LogP contribution < -0.4 is 0 Å². The van der Waals surface area contributed by atoms with Crippen molar-refractivity contribution >= 4 is 23.8 Å². The van der Waals surface area contributed by atoms with Crippen LogP contribution >= 0.6 is 0 Å². The van der Waals surface area contributed by atoms with E-state index in [0.29, 0.717) is 38.6 Å². The molecule has 10 heteroatoms. The third kappa shape index (κ3) is 6.20. The molecule has 0 aromatic rings. The Hall–Kier alpha value is -2.20. The maximum absolute atomic E-state index is 13.5. The number of carbonyl (C=O) groups is 4. The number of likely N-dealkylation sites (tertiary alicyclic amines) is 1. The van der Waals surface area contributed by atoms with Crippen LogP contribution in [0, 0.1) is 58.2 Å². The van der Waals surface area contributed by atoms with E-state index in [2.05, 4.69) is 39.8 Å². The molecule has 5 aliphatic rings. The fraction of sp³-hybridized carbons (Fsp3) is 0.895. The Bertz CT molecular complexity index is 1250. The smallest absolute Gasteiger partial charge is 0.306 e. The number of aliphatic hydroxyl groups excluding tert-OH is 1. The van der Waals surface area contributed by atoms with Gasteiger partial charge in [-0.25, -0.2) is 0 Å². The van der Waals surface area contributed by atoms with Crippen LogP contribution in [0.25, 0.3) is 0 Å². The third-order valence-corrected chi connectivity index (χ3v) is 13.8. The summed E-state index contributed by atoms with van der Waals surface area (Å²) >= 11 is 0. The highest BCUT2D eigenvalue weighted by atomic mass is 16.6. The Morgan fingerprint density at radius 3 is 2.15 bits per heavy atom. The van der Waals surface area contributed by atoms with Crippen molar-refractivity contribution in [2.24, 2.45) is 58.2 Å². The summed E-state index contributed by atoms with van der Waals surface area (Å²) in [5.41, 5.74) is -0.994. The maximum Gasteiger partial charge on any atom is 0.306 e. The first kappa shape index (κ1) is 37.1. The number of ether oxygens (including phenoxy) is 3. The lowest BCUT2D eigenvalue weighted by atomic mass is 9.42. The minimum absolute atomic E-state index is 0.00425. The van der Waals surface area contributed by atoms with Crippen molar-refractivity contribution in [3.63, 3.8) is 0 Å². The van der Waals surface area contributed by atoms with E-state index >= 15 is 0 Å². The Labute approximate surface area is 288 Å². The lowest BCUT2D eigenvalue weighted by Crippen LogP contribution is -2.72. The summed E-state index contributed by atoms with van der Waals surface area (Å²) in [6.45, 7) is 18.1. The van der Waals surface area contributed by atoms with Crippen LogP contribution in [0.3, 0.4) is 0 Å². The molecule has 5 rings (SSSR count). The standard InChI is InChI=1S/C38H62N2O8/c1-19(2)14-32(44)48-30-17-37(8)27(15-29(43)33(37)21(5)39(10)11)24-12-13-26-35(47-23(7)42)28(40-18-25(20(3)4)36(40)45)16-31(46-22(6)41)38(26,9)34(24)30/h19-21,24-31,33-35,43H,12-18H2,1-11H3/t21-,24-,25-,26-,27-,28-,29-,30+,31+,33-,34+,35+,37-,38+/m0/s1. The largest absolute Gasteiger partial charge is 0.462 e. The van der Waals surface area contributed by atoms with Gasteiger partial charge in [-0.15, -0.1) is 0 Å². The van der Waals surface area contributed by atoms with Gasteiger partial charge in [0.25, 0.3) is 0 Å². The van der Waals surface area contributed by atoms with Crippen LogP contribution in [0.2, 0.25) is 0 Å². The van der Waals surface area contributed by atoms with E-state index in [0.717, 1.165) is 6.42 Å². The summed E-state index contributed by atoms with van der Waals surface area (Å²) in [5, 5.41) is 11.7. The molecule has 272 valence electrons. The molecule has 10 nitrogen and oxygen atoms in total. The van der Waals surface area contributed by atoms with E-state index in [1.54, 1.807) is 0 Å².